The number of benzene rings is 2. The van der Waals surface area contributed by atoms with Crippen LogP contribution in [0.4, 0.5) is 5.69 Å². The van der Waals surface area contributed by atoms with Gasteiger partial charge in [-0.3, -0.25) is 9.78 Å². The summed E-state index contributed by atoms with van der Waals surface area (Å²) in [6.07, 6.45) is 1.42. The monoisotopic (exact) mass is 373 g/mol. The van der Waals surface area contributed by atoms with Crippen LogP contribution in [0.1, 0.15) is 38.9 Å². The maximum absolute atomic E-state index is 13.1. The van der Waals surface area contributed by atoms with Crippen LogP contribution in [-0.4, -0.2) is 22.9 Å². The number of nitrogens with one attached hydrogen (secondary N) is 1. The number of carbonyl (C=O) groups is 1. The summed E-state index contributed by atoms with van der Waals surface area (Å²) < 4.78 is 5.23. The number of anilines is 1. The number of aryl methyl sites for hydroxylation is 2. The molecule has 0 fully saturated rings. The second-order valence-corrected chi connectivity index (χ2v) is 7.14. The number of fused-ring (bicyclic) bond motifs is 1. The second-order valence-electron chi connectivity index (χ2n) is 7.14. The first kappa shape index (κ1) is 18.0. The van der Waals surface area contributed by atoms with Crippen LogP contribution in [0.25, 0.3) is 0 Å². The first-order valence-electron chi connectivity index (χ1n) is 9.29. The standard InChI is InChI=1S/C23H23N3O2/c1-15-11-16(2)13-18(12-15)25-22-21-20(5-4-10-24-21)23(27)26(22)14-17-6-8-19(28-3)9-7-17/h4-13,22,25H,14H2,1-3H3/t22-/m1/s1. The summed E-state index contributed by atoms with van der Waals surface area (Å²) in [6.45, 7) is 4.63. The number of amides is 1. The van der Waals surface area contributed by atoms with Crippen molar-refractivity contribution in [3.8, 4) is 5.75 Å². The highest BCUT2D eigenvalue weighted by atomic mass is 16.5. The molecule has 0 saturated heterocycles. The zero-order chi connectivity index (χ0) is 19.7. The van der Waals surface area contributed by atoms with E-state index in [-0.39, 0.29) is 12.1 Å². The number of carbonyl (C=O) groups excluding carboxylic acids is 1. The molecule has 1 aliphatic rings. The third-order valence-electron chi connectivity index (χ3n) is 4.94. The quantitative estimate of drug-likeness (QED) is 0.717. The first-order chi connectivity index (χ1) is 13.5. The smallest absolute Gasteiger partial charge is 0.258 e. The lowest BCUT2D eigenvalue weighted by atomic mass is 10.1. The van der Waals surface area contributed by atoms with E-state index in [0.29, 0.717) is 12.1 Å². The Morgan fingerprint density at radius 2 is 1.79 bits per heavy atom. The van der Waals surface area contributed by atoms with E-state index in [1.54, 1.807) is 13.3 Å². The number of pyridine rings is 1. The first-order valence-corrected chi connectivity index (χ1v) is 9.29. The van der Waals surface area contributed by atoms with Gasteiger partial charge in [-0.15, -0.1) is 0 Å². The van der Waals surface area contributed by atoms with Gasteiger partial charge >= 0.3 is 0 Å². The van der Waals surface area contributed by atoms with Crippen LogP contribution in [-0.2, 0) is 6.54 Å². The number of hydrogen-bond donors (Lipinski definition) is 1. The Morgan fingerprint density at radius 3 is 2.46 bits per heavy atom. The summed E-state index contributed by atoms with van der Waals surface area (Å²) in [5, 5.41) is 3.52. The van der Waals surface area contributed by atoms with Gasteiger partial charge in [-0.1, -0.05) is 18.2 Å². The summed E-state index contributed by atoms with van der Waals surface area (Å²) in [7, 11) is 1.64. The molecule has 0 saturated carbocycles. The van der Waals surface area contributed by atoms with Crippen molar-refractivity contribution in [1.29, 1.82) is 0 Å². The number of methoxy groups -OCH3 is 1. The van der Waals surface area contributed by atoms with Crippen molar-refractivity contribution in [2.45, 2.75) is 26.6 Å². The second kappa shape index (κ2) is 7.35. The lowest BCUT2D eigenvalue weighted by Gasteiger charge is -2.27. The zero-order valence-corrected chi connectivity index (χ0v) is 16.3. The van der Waals surface area contributed by atoms with Gasteiger partial charge in [-0.05, 0) is 66.9 Å². The Morgan fingerprint density at radius 1 is 1.07 bits per heavy atom. The lowest BCUT2D eigenvalue weighted by molar-refractivity contribution is 0.0728. The van der Waals surface area contributed by atoms with Crippen LogP contribution in [0.2, 0.25) is 0 Å². The van der Waals surface area contributed by atoms with E-state index < -0.39 is 0 Å². The van der Waals surface area contributed by atoms with E-state index >= 15 is 0 Å². The van der Waals surface area contributed by atoms with Gasteiger partial charge in [-0.2, -0.15) is 0 Å². The Kier molecular flexibility index (Phi) is 4.74. The van der Waals surface area contributed by atoms with Crippen LogP contribution in [0, 0.1) is 13.8 Å². The summed E-state index contributed by atoms with van der Waals surface area (Å²) in [5.41, 5.74) is 5.78. The Labute approximate surface area is 165 Å². The minimum Gasteiger partial charge on any atom is -0.497 e. The Hall–Kier alpha value is -3.34. The fourth-order valence-electron chi connectivity index (χ4n) is 3.69. The molecule has 0 spiro atoms. The van der Waals surface area contributed by atoms with Crippen molar-refractivity contribution >= 4 is 11.6 Å². The van der Waals surface area contributed by atoms with E-state index in [1.807, 2.05) is 41.3 Å². The number of ether oxygens (including phenoxy) is 1. The molecular formula is C23H23N3O2. The Bertz CT molecular complexity index is 994. The molecule has 142 valence electrons. The van der Waals surface area contributed by atoms with Crippen molar-refractivity contribution in [1.82, 2.24) is 9.88 Å². The molecule has 1 N–H and O–H groups in total. The van der Waals surface area contributed by atoms with E-state index in [2.05, 4.69) is 42.3 Å². The van der Waals surface area contributed by atoms with Crippen molar-refractivity contribution in [3.63, 3.8) is 0 Å². The SMILES string of the molecule is COc1ccc(CN2C(=O)c3cccnc3[C@@H]2Nc2cc(C)cc(C)c2)cc1. The van der Waals surface area contributed by atoms with Crippen LogP contribution < -0.4 is 10.1 Å². The van der Waals surface area contributed by atoms with Crippen LogP contribution in [0.5, 0.6) is 5.75 Å². The molecule has 3 aromatic rings. The predicted molar refractivity (Wildman–Crippen MR) is 109 cm³/mol. The molecule has 0 bridgehead atoms. The molecule has 0 aliphatic carbocycles. The van der Waals surface area contributed by atoms with E-state index in [0.717, 1.165) is 22.7 Å². The number of rotatable bonds is 5. The van der Waals surface area contributed by atoms with E-state index in [1.165, 1.54) is 11.1 Å². The topological polar surface area (TPSA) is 54.5 Å². The van der Waals surface area contributed by atoms with Crippen molar-refractivity contribution in [2.75, 3.05) is 12.4 Å². The van der Waals surface area contributed by atoms with Crippen molar-refractivity contribution < 1.29 is 9.53 Å². The summed E-state index contributed by atoms with van der Waals surface area (Å²) >= 11 is 0. The van der Waals surface area contributed by atoms with E-state index in [4.69, 9.17) is 4.74 Å². The Balaban J connectivity index is 1.67. The fraction of sp³-hybridized carbons (Fsp3) is 0.217. The molecule has 5 heteroatoms. The van der Waals surface area contributed by atoms with Gasteiger partial charge in [0.25, 0.3) is 5.91 Å². The van der Waals surface area contributed by atoms with Gasteiger partial charge in [0.2, 0.25) is 0 Å². The normalized spacial score (nSPS) is 15.5. The highest BCUT2D eigenvalue weighted by Gasteiger charge is 2.37. The molecule has 1 amide bonds. The number of hydrogen-bond acceptors (Lipinski definition) is 4. The molecule has 0 unspecified atom stereocenters. The average molecular weight is 373 g/mol. The highest BCUT2D eigenvalue weighted by Crippen LogP contribution is 2.34. The molecule has 2 heterocycles. The zero-order valence-electron chi connectivity index (χ0n) is 16.3. The molecule has 1 aromatic heterocycles. The van der Waals surface area contributed by atoms with E-state index in [9.17, 15) is 4.79 Å². The minimum atomic E-state index is -0.313. The van der Waals surface area contributed by atoms with Gasteiger partial charge in [-0.25, -0.2) is 0 Å². The molecule has 0 radical (unpaired) electrons. The van der Waals surface area contributed by atoms with Crippen LogP contribution in [0.3, 0.4) is 0 Å². The maximum atomic E-state index is 13.1. The van der Waals surface area contributed by atoms with Gasteiger partial charge in [0.1, 0.15) is 11.9 Å². The fourth-order valence-corrected chi connectivity index (χ4v) is 3.69. The largest absolute Gasteiger partial charge is 0.497 e. The highest BCUT2D eigenvalue weighted by molar-refractivity contribution is 5.98. The number of aromatic nitrogens is 1. The third kappa shape index (κ3) is 3.43. The van der Waals surface area contributed by atoms with Gasteiger partial charge in [0.05, 0.1) is 18.4 Å². The van der Waals surface area contributed by atoms with Gasteiger partial charge < -0.3 is 15.0 Å². The predicted octanol–water partition coefficient (Wildman–Crippen LogP) is 4.47. The molecule has 1 atom stereocenters. The average Bonchev–Trinajstić information content (AvgIpc) is 2.94. The van der Waals surface area contributed by atoms with Crippen molar-refractivity contribution in [3.05, 3.63) is 88.7 Å². The molecular weight excluding hydrogens is 350 g/mol. The molecule has 2 aromatic carbocycles. The molecule has 1 aliphatic heterocycles. The van der Waals surface area contributed by atoms with Crippen LogP contribution >= 0.6 is 0 Å². The maximum Gasteiger partial charge on any atom is 0.258 e. The van der Waals surface area contributed by atoms with Gasteiger partial charge in [0, 0.05) is 18.4 Å². The summed E-state index contributed by atoms with van der Waals surface area (Å²) in [5.74, 6) is 0.784. The summed E-state index contributed by atoms with van der Waals surface area (Å²) in [6, 6.07) is 17.7. The molecule has 5 nitrogen and oxygen atoms in total. The van der Waals surface area contributed by atoms with Crippen LogP contribution in [0.15, 0.2) is 60.8 Å². The summed E-state index contributed by atoms with van der Waals surface area (Å²) in [4.78, 5) is 19.4. The third-order valence-corrected chi connectivity index (χ3v) is 4.94. The van der Waals surface area contributed by atoms with Crippen molar-refractivity contribution in [2.24, 2.45) is 0 Å². The minimum absolute atomic E-state index is 0.0132. The number of nitrogens with zero attached hydrogens (tertiary/aromatic N) is 2. The molecule has 28 heavy (non-hydrogen) atoms. The molecule has 4 rings (SSSR count). The van der Waals surface area contributed by atoms with Gasteiger partial charge in [0.15, 0.2) is 0 Å². The lowest BCUT2D eigenvalue weighted by Crippen LogP contribution is -2.32.